The van der Waals surface area contributed by atoms with E-state index in [1.807, 2.05) is 31.2 Å². The molecule has 1 N–H and O–H groups in total. The maximum Gasteiger partial charge on any atom is 0.341 e. The Morgan fingerprint density at radius 3 is 2.55 bits per heavy atom. The SMILES string of the molecule is Cc1ccc(OCCN2C(=O)S/C(=C\c3cc(Br)cc(Br)c3OCC(=O)O)C2=O)cc1. The van der Waals surface area contributed by atoms with Gasteiger partial charge in [-0.3, -0.25) is 14.5 Å². The Labute approximate surface area is 199 Å². The Bertz CT molecular complexity index is 1050. The van der Waals surface area contributed by atoms with Gasteiger partial charge in [0.25, 0.3) is 11.1 Å². The second-order valence-electron chi connectivity index (χ2n) is 6.48. The molecule has 162 valence electrons. The zero-order valence-electron chi connectivity index (χ0n) is 16.3. The molecule has 31 heavy (non-hydrogen) atoms. The monoisotopic (exact) mass is 569 g/mol. The second kappa shape index (κ2) is 10.3. The van der Waals surface area contributed by atoms with E-state index in [9.17, 15) is 14.4 Å². The van der Waals surface area contributed by atoms with E-state index in [0.717, 1.165) is 22.2 Å². The lowest BCUT2D eigenvalue weighted by atomic mass is 10.2. The van der Waals surface area contributed by atoms with E-state index in [-0.39, 0.29) is 23.8 Å². The number of aliphatic carboxylic acids is 1. The van der Waals surface area contributed by atoms with Crippen LogP contribution in [0, 0.1) is 6.92 Å². The highest BCUT2D eigenvalue weighted by Crippen LogP contribution is 2.38. The predicted octanol–water partition coefficient (Wildman–Crippen LogP) is 5.10. The van der Waals surface area contributed by atoms with Gasteiger partial charge in [0.2, 0.25) is 0 Å². The Kier molecular flexibility index (Phi) is 7.79. The quantitative estimate of drug-likeness (QED) is 0.441. The Morgan fingerprint density at radius 2 is 1.87 bits per heavy atom. The average molecular weight is 571 g/mol. The van der Waals surface area contributed by atoms with Crippen LogP contribution in [0.5, 0.6) is 11.5 Å². The van der Waals surface area contributed by atoms with Gasteiger partial charge < -0.3 is 14.6 Å². The molecule has 1 heterocycles. The van der Waals surface area contributed by atoms with Crippen molar-refractivity contribution in [2.75, 3.05) is 19.8 Å². The van der Waals surface area contributed by atoms with E-state index in [1.165, 1.54) is 6.08 Å². The lowest BCUT2D eigenvalue weighted by Crippen LogP contribution is -2.32. The number of carboxylic acid groups (broad SMARTS) is 1. The van der Waals surface area contributed by atoms with Gasteiger partial charge in [0, 0.05) is 10.0 Å². The minimum absolute atomic E-state index is 0.112. The normalized spacial score (nSPS) is 14.9. The smallest absolute Gasteiger partial charge is 0.341 e. The zero-order chi connectivity index (χ0) is 22.5. The van der Waals surface area contributed by atoms with Gasteiger partial charge in [-0.1, -0.05) is 33.6 Å². The highest BCUT2D eigenvalue weighted by molar-refractivity contribution is 9.11. The summed E-state index contributed by atoms with van der Waals surface area (Å²) < 4.78 is 12.2. The molecule has 0 aromatic heterocycles. The zero-order valence-corrected chi connectivity index (χ0v) is 20.3. The van der Waals surface area contributed by atoms with Crippen LogP contribution in [0.3, 0.4) is 0 Å². The number of aryl methyl sites for hydroxylation is 1. The Morgan fingerprint density at radius 1 is 1.16 bits per heavy atom. The molecule has 3 rings (SSSR count). The second-order valence-corrected chi connectivity index (χ2v) is 9.25. The van der Waals surface area contributed by atoms with Crippen molar-refractivity contribution in [1.29, 1.82) is 0 Å². The average Bonchev–Trinajstić information content (AvgIpc) is 2.96. The summed E-state index contributed by atoms with van der Waals surface area (Å²) in [6.45, 7) is 1.71. The van der Waals surface area contributed by atoms with Gasteiger partial charge in [-0.15, -0.1) is 0 Å². The van der Waals surface area contributed by atoms with Gasteiger partial charge in [0.05, 0.1) is 15.9 Å². The molecule has 2 aromatic rings. The van der Waals surface area contributed by atoms with Crippen molar-refractivity contribution < 1.29 is 29.0 Å². The molecule has 0 radical (unpaired) electrons. The van der Waals surface area contributed by atoms with Crippen molar-refractivity contribution in [1.82, 2.24) is 4.90 Å². The Balaban J connectivity index is 1.73. The molecule has 0 saturated carbocycles. The van der Waals surface area contributed by atoms with Crippen LogP contribution in [-0.2, 0) is 9.59 Å². The summed E-state index contributed by atoms with van der Waals surface area (Å²) in [5.74, 6) is -0.648. The number of hydrogen-bond donors (Lipinski definition) is 1. The molecule has 1 aliphatic heterocycles. The first kappa shape index (κ1) is 23.4. The third kappa shape index (κ3) is 6.11. The topological polar surface area (TPSA) is 93.1 Å². The van der Waals surface area contributed by atoms with Crippen LogP contribution in [0.1, 0.15) is 11.1 Å². The predicted molar refractivity (Wildman–Crippen MR) is 124 cm³/mol. The molecule has 0 spiro atoms. The largest absolute Gasteiger partial charge is 0.492 e. The number of amides is 2. The third-order valence-electron chi connectivity index (χ3n) is 4.14. The molecular formula is C21H17Br2NO6S. The van der Waals surface area contributed by atoms with Crippen molar-refractivity contribution in [2.45, 2.75) is 6.92 Å². The van der Waals surface area contributed by atoms with Gasteiger partial charge >= 0.3 is 5.97 Å². The number of halogens is 2. The van der Waals surface area contributed by atoms with Gasteiger partial charge in [0.1, 0.15) is 18.1 Å². The summed E-state index contributed by atoms with van der Waals surface area (Å²) in [5.41, 5.74) is 1.57. The molecule has 2 amide bonds. The highest BCUT2D eigenvalue weighted by Gasteiger charge is 2.35. The minimum Gasteiger partial charge on any atom is -0.492 e. The van der Waals surface area contributed by atoms with E-state index in [2.05, 4.69) is 31.9 Å². The molecule has 1 saturated heterocycles. The summed E-state index contributed by atoms with van der Waals surface area (Å²) >= 11 is 7.50. The lowest BCUT2D eigenvalue weighted by Gasteiger charge is -2.13. The number of carbonyl (C=O) groups excluding carboxylic acids is 2. The first-order chi connectivity index (χ1) is 14.7. The molecular weight excluding hydrogens is 554 g/mol. The maximum atomic E-state index is 12.8. The molecule has 10 heteroatoms. The van der Waals surface area contributed by atoms with E-state index >= 15 is 0 Å². The van der Waals surface area contributed by atoms with Gasteiger partial charge in [-0.25, -0.2) is 4.79 Å². The third-order valence-corrected chi connectivity index (χ3v) is 6.10. The Hall–Kier alpha value is -2.30. The minimum atomic E-state index is -1.13. The summed E-state index contributed by atoms with van der Waals surface area (Å²) in [6, 6.07) is 10.9. The molecule has 0 bridgehead atoms. The number of rotatable bonds is 8. The number of hydrogen-bond acceptors (Lipinski definition) is 6. The molecule has 1 aliphatic rings. The van der Waals surface area contributed by atoms with Crippen LogP contribution in [0.2, 0.25) is 0 Å². The van der Waals surface area contributed by atoms with E-state index in [4.69, 9.17) is 14.6 Å². The van der Waals surface area contributed by atoms with E-state index in [0.29, 0.717) is 20.3 Å². The summed E-state index contributed by atoms with van der Waals surface area (Å²) in [6.07, 6.45) is 1.51. The fourth-order valence-electron chi connectivity index (χ4n) is 2.70. The van der Waals surface area contributed by atoms with Crippen LogP contribution in [0.25, 0.3) is 6.08 Å². The van der Waals surface area contributed by atoms with Crippen molar-refractivity contribution >= 4 is 66.8 Å². The van der Waals surface area contributed by atoms with E-state index < -0.39 is 23.7 Å². The summed E-state index contributed by atoms with van der Waals surface area (Å²) in [4.78, 5) is 37.3. The summed E-state index contributed by atoms with van der Waals surface area (Å²) in [7, 11) is 0. The van der Waals surface area contributed by atoms with Crippen LogP contribution in [0.4, 0.5) is 4.79 Å². The highest BCUT2D eigenvalue weighted by atomic mass is 79.9. The van der Waals surface area contributed by atoms with Crippen LogP contribution in [-0.4, -0.2) is 46.9 Å². The van der Waals surface area contributed by atoms with E-state index in [1.54, 1.807) is 12.1 Å². The molecule has 7 nitrogen and oxygen atoms in total. The number of carboxylic acids is 1. The number of imide groups is 1. The molecule has 0 unspecified atom stereocenters. The van der Waals surface area contributed by atoms with Crippen molar-refractivity contribution in [2.24, 2.45) is 0 Å². The van der Waals surface area contributed by atoms with Crippen LogP contribution >= 0.6 is 43.6 Å². The number of thioether (sulfide) groups is 1. The lowest BCUT2D eigenvalue weighted by molar-refractivity contribution is -0.139. The number of ether oxygens (including phenoxy) is 2. The fourth-order valence-corrected chi connectivity index (χ4v) is 4.93. The summed E-state index contributed by atoms with van der Waals surface area (Å²) in [5, 5.41) is 8.50. The molecule has 2 aromatic carbocycles. The van der Waals surface area contributed by atoms with Gasteiger partial charge in [-0.2, -0.15) is 0 Å². The molecule has 1 fully saturated rings. The first-order valence-electron chi connectivity index (χ1n) is 9.03. The number of benzene rings is 2. The van der Waals surface area contributed by atoms with Crippen molar-refractivity contribution in [3.05, 3.63) is 61.4 Å². The fraction of sp³-hybridized carbons (Fsp3) is 0.190. The van der Waals surface area contributed by atoms with Gasteiger partial charge in [-0.05, 0) is 65.0 Å². The standard InChI is InChI=1S/C21H17Br2NO6S/c1-12-2-4-15(5-3-12)29-7-6-24-20(27)17(31-21(24)28)9-13-8-14(22)10-16(23)19(13)30-11-18(25)26/h2-5,8-10H,6-7,11H2,1H3,(H,25,26)/b17-9-. The molecule has 0 atom stereocenters. The van der Waals surface area contributed by atoms with Crippen LogP contribution < -0.4 is 9.47 Å². The maximum absolute atomic E-state index is 12.8. The number of nitrogens with zero attached hydrogens (tertiary/aromatic N) is 1. The van der Waals surface area contributed by atoms with Crippen LogP contribution in [0.15, 0.2) is 50.2 Å². The molecule has 0 aliphatic carbocycles. The van der Waals surface area contributed by atoms with Gasteiger partial charge in [0.15, 0.2) is 6.61 Å². The first-order valence-corrected chi connectivity index (χ1v) is 11.4. The number of carbonyl (C=O) groups is 3. The van der Waals surface area contributed by atoms with Crippen molar-refractivity contribution in [3.8, 4) is 11.5 Å². The van der Waals surface area contributed by atoms with Crippen molar-refractivity contribution in [3.63, 3.8) is 0 Å².